The number of sulfone groups is 1. The maximum atomic E-state index is 11.1. The first-order valence-electron chi connectivity index (χ1n) is 5.81. The van der Waals surface area contributed by atoms with Crippen molar-refractivity contribution in [2.24, 2.45) is 0 Å². The SMILES string of the molecule is CCOC(C)=O.CS(=O)(=O)c1ccc(CC(=O)O)cc1. The Balaban J connectivity index is 0.000000511. The first-order valence-corrected chi connectivity index (χ1v) is 7.70. The van der Waals surface area contributed by atoms with Gasteiger partial charge in [0.1, 0.15) is 0 Å². The number of ether oxygens (including phenoxy) is 1. The number of carbonyl (C=O) groups is 2. The van der Waals surface area contributed by atoms with E-state index < -0.39 is 15.8 Å². The van der Waals surface area contributed by atoms with Crippen LogP contribution in [-0.2, 0) is 30.6 Å². The Morgan fingerprint density at radius 1 is 1.20 bits per heavy atom. The number of hydrogen-bond donors (Lipinski definition) is 1. The van der Waals surface area contributed by atoms with E-state index in [9.17, 15) is 18.0 Å². The van der Waals surface area contributed by atoms with Crippen LogP contribution in [0.2, 0.25) is 0 Å². The predicted molar refractivity (Wildman–Crippen MR) is 73.2 cm³/mol. The van der Waals surface area contributed by atoms with Crippen LogP contribution in [-0.4, -0.2) is 38.3 Å². The van der Waals surface area contributed by atoms with Crippen LogP contribution in [0.4, 0.5) is 0 Å². The maximum Gasteiger partial charge on any atom is 0.307 e. The van der Waals surface area contributed by atoms with Gasteiger partial charge in [0.15, 0.2) is 9.84 Å². The zero-order valence-corrected chi connectivity index (χ0v) is 12.4. The molecule has 0 spiro atoms. The molecule has 0 aliphatic heterocycles. The molecule has 0 amide bonds. The molecule has 0 aliphatic carbocycles. The molecule has 0 saturated heterocycles. The van der Waals surface area contributed by atoms with E-state index >= 15 is 0 Å². The van der Waals surface area contributed by atoms with Crippen molar-refractivity contribution in [2.45, 2.75) is 25.2 Å². The second-order valence-electron chi connectivity index (χ2n) is 3.91. The smallest absolute Gasteiger partial charge is 0.307 e. The molecule has 0 bridgehead atoms. The third-order valence-corrected chi connectivity index (χ3v) is 3.18. The van der Waals surface area contributed by atoms with Gasteiger partial charge in [-0.1, -0.05) is 12.1 Å². The number of benzene rings is 1. The summed E-state index contributed by atoms with van der Waals surface area (Å²) < 4.78 is 26.5. The highest BCUT2D eigenvalue weighted by Crippen LogP contribution is 2.10. The molecule has 1 rings (SSSR count). The van der Waals surface area contributed by atoms with Crippen molar-refractivity contribution < 1.29 is 27.9 Å². The van der Waals surface area contributed by atoms with E-state index in [2.05, 4.69) is 4.74 Å². The quantitative estimate of drug-likeness (QED) is 0.842. The standard InChI is InChI=1S/C9H10O4S.C4H8O2/c1-14(12,13)8-4-2-7(3-5-8)6-9(10)11;1-3-6-4(2)5/h2-5H,6H2,1H3,(H,10,11);3H2,1-2H3. The van der Waals surface area contributed by atoms with Gasteiger partial charge in [0.05, 0.1) is 17.9 Å². The zero-order valence-electron chi connectivity index (χ0n) is 11.6. The Kier molecular flexibility index (Phi) is 7.53. The van der Waals surface area contributed by atoms with Gasteiger partial charge >= 0.3 is 11.9 Å². The van der Waals surface area contributed by atoms with Crippen LogP contribution in [0, 0.1) is 0 Å². The molecular weight excluding hydrogens is 284 g/mol. The topological polar surface area (TPSA) is 97.7 Å². The highest BCUT2D eigenvalue weighted by molar-refractivity contribution is 7.90. The number of aliphatic carboxylic acids is 1. The summed E-state index contributed by atoms with van der Waals surface area (Å²) in [5, 5.41) is 8.48. The van der Waals surface area contributed by atoms with E-state index in [1.807, 2.05) is 0 Å². The van der Waals surface area contributed by atoms with Crippen LogP contribution in [0.5, 0.6) is 0 Å². The lowest BCUT2D eigenvalue weighted by atomic mass is 10.2. The lowest BCUT2D eigenvalue weighted by Gasteiger charge is -1.99. The molecule has 0 heterocycles. The van der Waals surface area contributed by atoms with Gasteiger partial charge in [0.2, 0.25) is 0 Å². The Hall–Kier alpha value is -1.89. The third kappa shape index (κ3) is 8.25. The van der Waals surface area contributed by atoms with E-state index in [-0.39, 0.29) is 17.3 Å². The fourth-order valence-corrected chi connectivity index (χ4v) is 1.86. The van der Waals surface area contributed by atoms with Gasteiger partial charge in [0.25, 0.3) is 0 Å². The molecule has 0 fully saturated rings. The molecule has 0 radical (unpaired) electrons. The summed E-state index contributed by atoms with van der Waals surface area (Å²) in [6.07, 6.45) is 1.02. The lowest BCUT2D eigenvalue weighted by Crippen LogP contribution is -2.01. The van der Waals surface area contributed by atoms with E-state index in [0.29, 0.717) is 12.2 Å². The van der Waals surface area contributed by atoms with Crippen LogP contribution in [0.1, 0.15) is 19.4 Å². The van der Waals surface area contributed by atoms with Gasteiger partial charge < -0.3 is 9.84 Å². The summed E-state index contributed by atoms with van der Waals surface area (Å²) in [6.45, 7) is 3.65. The fourth-order valence-electron chi connectivity index (χ4n) is 1.23. The minimum Gasteiger partial charge on any atom is -0.481 e. The molecule has 1 N–H and O–H groups in total. The average molecular weight is 302 g/mol. The largest absolute Gasteiger partial charge is 0.481 e. The Morgan fingerprint density at radius 2 is 1.70 bits per heavy atom. The highest BCUT2D eigenvalue weighted by atomic mass is 32.2. The van der Waals surface area contributed by atoms with E-state index in [1.165, 1.54) is 31.2 Å². The van der Waals surface area contributed by atoms with Crippen molar-refractivity contribution in [1.29, 1.82) is 0 Å². The maximum absolute atomic E-state index is 11.1. The average Bonchev–Trinajstić information content (AvgIpc) is 2.28. The molecule has 0 saturated carbocycles. The predicted octanol–water partition coefficient (Wildman–Crippen LogP) is 1.29. The summed E-state index contributed by atoms with van der Waals surface area (Å²) >= 11 is 0. The Morgan fingerprint density at radius 3 is 1.95 bits per heavy atom. The number of carboxylic acid groups (broad SMARTS) is 1. The summed E-state index contributed by atoms with van der Waals surface area (Å²) in [4.78, 5) is 20.4. The van der Waals surface area contributed by atoms with Crippen molar-refractivity contribution in [3.8, 4) is 0 Å². The van der Waals surface area contributed by atoms with E-state index in [4.69, 9.17) is 5.11 Å². The number of rotatable bonds is 4. The van der Waals surface area contributed by atoms with E-state index in [0.717, 1.165) is 6.26 Å². The van der Waals surface area contributed by atoms with Crippen LogP contribution >= 0.6 is 0 Å². The molecule has 0 aromatic heterocycles. The number of esters is 1. The van der Waals surface area contributed by atoms with Gasteiger partial charge in [-0.3, -0.25) is 9.59 Å². The highest BCUT2D eigenvalue weighted by Gasteiger charge is 2.07. The second-order valence-corrected chi connectivity index (χ2v) is 5.93. The van der Waals surface area contributed by atoms with Gasteiger partial charge in [0, 0.05) is 13.2 Å². The summed E-state index contributed by atoms with van der Waals surface area (Å²) in [6, 6.07) is 5.83. The van der Waals surface area contributed by atoms with Crippen LogP contribution < -0.4 is 0 Å². The summed E-state index contributed by atoms with van der Waals surface area (Å²) in [5.41, 5.74) is 0.588. The van der Waals surface area contributed by atoms with Gasteiger partial charge in [-0.25, -0.2) is 8.42 Å². The van der Waals surface area contributed by atoms with Gasteiger partial charge in [-0.2, -0.15) is 0 Å². The number of carboxylic acids is 1. The van der Waals surface area contributed by atoms with Crippen molar-refractivity contribution in [3.05, 3.63) is 29.8 Å². The molecule has 1 aromatic rings. The minimum absolute atomic E-state index is 0.0932. The zero-order chi connectivity index (χ0) is 15.8. The monoisotopic (exact) mass is 302 g/mol. The number of hydrogen-bond acceptors (Lipinski definition) is 5. The van der Waals surface area contributed by atoms with Crippen LogP contribution in [0.25, 0.3) is 0 Å². The second kappa shape index (κ2) is 8.31. The Bertz CT molecular complexity index is 545. The van der Waals surface area contributed by atoms with Crippen molar-refractivity contribution >= 4 is 21.8 Å². The molecule has 0 unspecified atom stereocenters. The molecule has 0 aliphatic rings. The van der Waals surface area contributed by atoms with E-state index in [1.54, 1.807) is 6.92 Å². The van der Waals surface area contributed by atoms with Crippen LogP contribution in [0.3, 0.4) is 0 Å². The minimum atomic E-state index is -3.20. The van der Waals surface area contributed by atoms with Gasteiger partial charge in [-0.05, 0) is 24.6 Å². The van der Waals surface area contributed by atoms with Gasteiger partial charge in [-0.15, -0.1) is 0 Å². The molecule has 6 nitrogen and oxygen atoms in total. The summed E-state index contributed by atoms with van der Waals surface area (Å²) in [5.74, 6) is -1.14. The molecule has 20 heavy (non-hydrogen) atoms. The van der Waals surface area contributed by atoms with Crippen LogP contribution in [0.15, 0.2) is 29.2 Å². The molecular formula is C13H18O6S. The summed E-state index contributed by atoms with van der Waals surface area (Å²) in [7, 11) is -3.20. The molecule has 112 valence electrons. The molecule has 7 heteroatoms. The first-order chi connectivity index (χ1) is 9.16. The lowest BCUT2D eigenvalue weighted by molar-refractivity contribution is -0.140. The fraction of sp³-hybridized carbons (Fsp3) is 0.385. The first kappa shape index (κ1) is 18.1. The molecule has 0 atom stereocenters. The normalized spacial score (nSPS) is 10.2. The van der Waals surface area contributed by atoms with Crippen molar-refractivity contribution in [2.75, 3.05) is 12.9 Å². The number of carbonyl (C=O) groups excluding carboxylic acids is 1. The van der Waals surface area contributed by atoms with Crippen molar-refractivity contribution in [1.82, 2.24) is 0 Å². The third-order valence-electron chi connectivity index (χ3n) is 2.05. The Labute approximate surface area is 118 Å². The van der Waals surface area contributed by atoms with Crippen molar-refractivity contribution in [3.63, 3.8) is 0 Å². The molecule has 1 aromatic carbocycles.